The molecule has 0 radical (unpaired) electrons. The van der Waals surface area contributed by atoms with Crippen LogP contribution in [0.2, 0.25) is 0 Å². The van der Waals surface area contributed by atoms with Crippen molar-refractivity contribution in [2.24, 2.45) is 5.10 Å². The molecule has 0 bridgehead atoms. The molecular formula is C31H29N5O4S. The van der Waals surface area contributed by atoms with Gasteiger partial charge in [-0.05, 0) is 35.9 Å². The molecule has 0 saturated carbocycles. The largest absolute Gasteiger partial charge is 0.309 e. The van der Waals surface area contributed by atoms with Gasteiger partial charge in [0.05, 0.1) is 27.2 Å². The fraction of sp³-hybridized carbons (Fsp3) is 0.129. The van der Waals surface area contributed by atoms with Gasteiger partial charge in [0, 0.05) is 35.8 Å². The Morgan fingerprint density at radius 3 is 2.20 bits per heavy atom. The number of nitrogens with one attached hydrogen (secondary N) is 1. The highest BCUT2D eigenvalue weighted by Crippen LogP contribution is 2.36. The number of para-hydroxylation sites is 2. The van der Waals surface area contributed by atoms with Gasteiger partial charge in [-0.25, -0.2) is 8.42 Å². The van der Waals surface area contributed by atoms with Gasteiger partial charge in [-0.2, -0.15) is 9.41 Å². The number of nitrogens with zero attached hydrogens (tertiary/aromatic N) is 4. The lowest BCUT2D eigenvalue weighted by atomic mass is 10.1. The molecule has 0 unspecified atom stereocenters. The van der Waals surface area contributed by atoms with Crippen molar-refractivity contribution < 1.29 is 13.3 Å². The molecule has 0 fully saturated rings. The Bertz CT molecular complexity index is 1830. The van der Waals surface area contributed by atoms with Crippen LogP contribution in [-0.2, 0) is 10.0 Å². The van der Waals surface area contributed by atoms with Crippen molar-refractivity contribution in [3.8, 4) is 16.9 Å². The first-order chi connectivity index (χ1) is 19.9. The van der Waals surface area contributed by atoms with Crippen molar-refractivity contribution in [3.63, 3.8) is 0 Å². The molecule has 0 spiro atoms. The van der Waals surface area contributed by atoms with Gasteiger partial charge in [-0.3, -0.25) is 15.5 Å². The van der Waals surface area contributed by atoms with Crippen LogP contribution in [-0.4, -0.2) is 41.5 Å². The third-order valence-corrected chi connectivity index (χ3v) is 8.91. The van der Waals surface area contributed by atoms with Crippen molar-refractivity contribution in [1.29, 1.82) is 0 Å². The Morgan fingerprint density at radius 2 is 1.54 bits per heavy atom. The molecule has 4 aromatic carbocycles. The van der Waals surface area contributed by atoms with Crippen LogP contribution in [0.4, 0.5) is 11.4 Å². The van der Waals surface area contributed by atoms with Crippen molar-refractivity contribution in [1.82, 2.24) is 8.87 Å². The number of fused-ring (bicyclic) bond motifs is 1. The van der Waals surface area contributed by atoms with Gasteiger partial charge in [0.1, 0.15) is 5.69 Å². The molecule has 0 atom stereocenters. The normalized spacial score (nSPS) is 11.9. The van der Waals surface area contributed by atoms with E-state index >= 15 is 0 Å². The number of rotatable bonds is 10. The standard InChI is InChI=1S/C31H29N5O4S/c1-3-34(4-2)41(39,40)25-19-20-28(30(21-25)36(37)38)33-32-22-27-26-17-11-12-18-29(26)35(24-15-9-6-10-16-24)31(27)23-13-7-5-8-14-23/h5-22,33H,3-4H2,1-2H3/b32-22-. The first-order valence-corrected chi connectivity index (χ1v) is 14.6. The summed E-state index contributed by atoms with van der Waals surface area (Å²) >= 11 is 0. The van der Waals surface area contributed by atoms with Crippen molar-refractivity contribution in [2.45, 2.75) is 18.7 Å². The highest BCUT2D eigenvalue weighted by molar-refractivity contribution is 7.89. The van der Waals surface area contributed by atoms with E-state index in [-0.39, 0.29) is 29.4 Å². The first-order valence-electron chi connectivity index (χ1n) is 13.2. The highest BCUT2D eigenvalue weighted by Gasteiger charge is 2.26. The maximum absolute atomic E-state index is 12.9. The first kappa shape index (κ1) is 27.8. The number of nitro groups is 1. The zero-order valence-corrected chi connectivity index (χ0v) is 23.5. The molecule has 5 aromatic rings. The average Bonchev–Trinajstić information content (AvgIpc) is 3.32. The molecule has 5 rings (SSSR count). The smallest absolute Gasteiger partial charge is 0.295 e. The van der Waals surface area contributed by atoms with Crippen LogP contribution in [0.15, 0.2) is 113 Å². The van der Waals surface area contributed by atoms with Crippen LogP contribution in [0.1, 0.15) is 19.4 Å². The van der Waals surface area contributed by atoms with E-state index in [4.69, 9.17) is 0 Å². The Balaban J connectivity index is 1.60. The zero-order valence-electron chi connectivity index (χ0n) is 22.6. The number of aromatic nitrogens is 1. The van der Waals surface area contributed by atoms with Crippen molar-refractivity contribution >= 4 is 38.5 Å². The Hall–Kier alpha value is -4.80. The van der Waals surface area contributed by atoms with E-state index in [1.54, 1.807) is 20.1 Å². The van der Waals surface area contributed by atoms with Crippen molar-refractivity contribution in [3.05, 3.63) is 119 Å². The topological polar surface area (TPSA) is 110 Å². The number of hydrazone groups is 1. The third-order valence-electron chi connectivity index (χ3n) is 6.86. The molecule has 1 N–H and O–H groups in total. The van der Waals surface area contributed by atoms with Gasteiger partial charge in [0.2, 0.25) is 10.0 Å². The van der Waals surface area contributed by atoms with Gasteiger partial charge in [0.15, 0.2) is 0 Å². The zero-order chi connectivity index (χ0) is 29.0. The molecule has 0 saturated heterocycles. The number of benzene rings is 4. The second kappa shape index (κ2) is 11.7. The minimum atomic E-state index is -3.86. The van der Waals surface area contributed by atoms with Crippen LogP contribution in [0, 0.1) is 10.1 Å². The van der Waals surface area contributed by atoms with Crippen LogP contribution in [0.25, 0.3) is 27.8 Å². The molecule has 0 aliphatic heterocycles. The SMILES string of the molecule is CCN(CC)S(=O)(=O)c1ccc(N/N=C\c2c(-c3ccccc3)n(-c3ccccc3)c3ccccc23)c([N+](=O)[O-])c1. The minimum Gasteiger partial charge on any atom is -0.309 e. The number of hydrogen-bond donors (Lipinski definition) is 1. The van der Waals surface area contributed by atoms with E-state index < -0.39 is 14.9 Å². The van der Waals surface area contributed by atoms with Crippen LogP contribution >= 0.6 is 0 Å². The van der Waals surface area contributed by atoms with E-state index in [9.17, 15) is 18.5 Å². The monoisotopic (exact) mass is 567 g/mol. The number of anilines is 1. The average molecular weight is 568 g/mol. The molecule has 9 nitrogen and oxygen atoms in total. The van der Waals surface area contributed by atoms with Crippen LogP contribution in [0.3, 0.4) is 0 Å². The maximum atomic E-state index is 12.9. The van der Waals surface area contributed by atoms with E-state index in [0.717, 1.165) is 39.5 Å². The maximum Gasteiger partial charge on any atom is 0.295 e. The van der Waals surface area contributed by atoms with Gasteiger partial charge < -0.3 is 4.57 Å². The predicted octanol–water partition coefficient (Wildman–Crippen LogP) is 6.68. The van der Waals surface area contributed by atoms with Gasteiger partial charge in [-0.1, -0.05) is 80.6 Å². The highest BCUT2D eigenvalue weighted by atomic mass is 32.2. The predicted molar refractivity (Wildman–Crippen MR) is 163 cm³/mol. The van der Waals surface area contributed by atoms with Crippen LogP contribution in [0.5, 0.6) is 0 Å². The van der Waals surface area contributed by atoms with E-state index in [1.165, 1.54) is 16.4 Å². The quantitative estimate of drug-likeness (QED) is 0.115. The molecule has 41 heavy (non-hydrogen) atoms. The summed E-state index contributed by atoms with van der Waals surface area (Å²) in [5.74, 6) is 0. The molecule has 0 aliphatic carbocycles. The number of sulfonamides is 1. The molecule has 208 valence electrons. The summed E-state index contributed by atoms with van der Waals surface area (Å²) in [5.41, 5.74) is 7.16. The molecule has 1 heterocycles. The molecule has 10 heteroatoms. The lowest BCUT2D eigenvalue weighted by Crippen LogP contribution is -2.30. The summed E-state index contributed by atoms with van der Waals surface area (Å²) in [6.07, 6.45) is 1.65. The lowest BCUT2D eigenvalue weighted by Gasteiger charge is -2.18. The summed E-state index contributed by atoms with van der Waals surface area (Å²) in [4.78, 5) is 11.2. The summed E-state index contributed by atoms with van der Waals surface area (Å²) in [6.45, 7) is 3.96. The minimum absolute atomic E-state index is 0.0813. The summed E-state index contributed by atoms with van der Waals surface area (Å²) < 4.78 is 29.3. The van der Waals surface area contributed by atoms with Gasteiger partial charge in [-0.15, -0.1) is 0 Å². The van der Waals surface area contributed by atoms with E-state index in [2.05, 4.69) is 15.1 Å². The van der Waals surface area contributed by atoms with E-state index in [0.29, 0.717) is 0 Å². The van der Waals surface area contributed by atoms with Crippen molar-refractivity contribution in [2.75, 3.05) is 18.5 Å². The number of hydrogen-bond acceptors (Lipinski definition) is 6. The third kappa shape index (κ3) is 5.34. The summed E-state index contributed by atoms with van der Waals surface area (Å²) in [6, 6.07) is 31.7. The van der Waals surface area contributed by atoms with Gasteiger partial charge in [0.25, 0.3) is 5.69 Å². The fourth-order valence-electron chi connectivity index (χ4n) is 4.92. The number of nitro benzene ring substituents is 1. The molecular weight excluding hydrogens is 538 g/mol. The molecule has 0 amide bonds. The van der Waals surface area contributed by atoms with Crippen LogP contribution < -0.4 is 5.43 Å². The lowest BCUT2D eigenvalue weighted by molar-refractivity contribution is -0.384. The Labute approximate surface area is 238 Å². The fourth-order valence-corrected chi connectivity index (χ4v) is 6.40. The Kier molecular flexibility index (Phi) is 7.95. The molecule has 1 aromatic heterocycles. The van der Waals surface area contributed by atoms with Gasteiger partial charge >= 0.3 is 0 Å². The Morgan fingerprint density at radius 1 is 0.902 bits per heavy atom. The summed E-state index contributed by atoms with van der Waals surface area (Å²) in [5, 5.41) is 17.3. The van der Waals surface area contributed by atoms with E-state index in [1.807, 2.05) is 84.9 Å². The molecule has 0 aliphatic rings. The second-order valence-electron chi connectivity index (χ2n) is 9.21. The summed E-state index contributed by atoms with van der Waals surface area (Å²) in [7, 11) is -3.86. The second-order valence-corrected chi connectivity index (χ2v) is 11.1.